The molecule has 0 aliphatic heterocycles. The first-order chi connectivity index (χ1) is 9.38. The molecular weight excluding hydrogens is 446 g/mol. The van der Waals surface area contributed by atoms with Gasteiger partial charge in [-0.25, -0.2) is 0 Å². The maximum Gasteiger partial charge on any atom is 0.0496 e. The fourth-order valence-electron chi connectivity index (χ4n) is 2.21. The van der Waals surface area contributed by atoms with Gasteiger partial charge in [0.25, 0.3) is 0 Å². The Balaban J connectivity index is 2.25. The quantitative estimate of drug-likeness (QED) is 0.532. The van der Waals surface area contributed by atoms with Gasteiger partial charge < -0.3 is 5.32 Å². The molecule has 1 unspecified atom stereocenters. The molecule has 106 valence electrons. The van der Waals surface area contributed by atoms with Crippen molar-refractivity contribution in [3.8, 4) is 0 Å². The predicted molar refractivity (Wildman–Crippen MR) is 97.5 cm³/mol. The van der Waals surface area contributed by atoms with E-state index in [2.05, 4.69) is 104 Å². The minimum absolute atomic E-state index is 0.234. The van der Waals surface area contributed by atoms with Crippen LogP contribution in [0.5, 0.6) is 0 Å². The van der Waals surface area contributed by atoms with Crippen molar-refractivity contribution in [3.05, 3.63) is 60.4 Å². The zero-order chi connectivity index (χ0) is 14.9. The maximum absolute atomic E-state index is 3.62. The van der Waals surface area contributed by atoms with Gasteiger partial charge in [-0.1, -0.05) is 53.9 Å². The van der Waals surface area contributed by atoms with Crippen LogP contribution in [0.4, 0.5) is 5.69 Å². The van der Waals surface area contributed by atoms with Crippen LogP contribution in [-0.4, -0.2) is 0 Å². The van der Waals surface area contributed by atoms with E-state index in [0.717, 1.165) is 14.6 Å². The zero-order valence-corrected chi connectivity index (χ0v) is 16.4. The first-order valence-electron chi connectivity index (χ1n) is 6.36. The number of nitrogens with one attached hydrogen (secondary N) is 1. The van der Waals surface area contributed by atoms with Gasteiger partial charge in [0.2, 0.25) is 0 Å². The van der Waals surface area contributed by atoms with E-state index in [1.807, 2.05) is 0 Å². The summed E-state index contributed by atoms with van der Waals surface area (Å²) in [6.45, 7) is 6.39. The number of hydrogen-bond acceptors (Lipinski definition) is 1. The third-order valence-electron chi connectivity index (χ3n) is 3.25. The largest absolute Gasteiger partial charge is 0.378 e. The van der Waals surface area contributed by atoms with Crippen LogP contribution in [0.15, 0.2) is 43.7 Å². The number of hydrogen-bond donors (Lipinski definition) is 1. The van der Waals surface area contributed by atoms with E-state index in [9.17, 15) is 0 Å². The zero-order valence-electron chi connectivity index (χ0n) is 11.6. The fourth-order valence-corrected chi connectivity index (χ4v) is 3.83. The van der Waals surface area contributed by atoms with Crippen molar-refractivity contribution < 1.29 is 0 Å². The smallest absolute Gasteiger partial charge is 0.0496 e. The molecule has 2 aromatic rings. The second-order valence-electron chi connectivity index (χ2n) is 4.96. The summed E-state index contributed by atoms with van der Waals surface area (Å²) in [5.41, 5.74) is 4.88. The summed E-state index contributed by atoms with van der Waals surface area (Å²) < 4.78 is 3.37. The Morgan fingerprint density at radius 2 is 1.55 bits per heavy atom. The second kappa shape index (κ2) is 6.63. The van der Waals surface area contributed by atoms with Crippen molar-refractivity contribution in [1.29, 1.82) is 0 Å². The van der Waals surface area contributed by atoms with Crippen LogP contribution in [0, 0.1) is 13.8 Å². The summed E-state index contributed by atoms with van der Waals surface area (Å²) in [5, 5.41) is 3.56. The monoisotopic (exact) mass is 459 g/mol. The lowest BCUT2D eigenvalue weighted by Crippen LogP contribution is -2.07. The minimum atomic E-state index is 0.234. The lowest BCUT2D eigenvalue weighted by molar-refractivity contribution is 0.877. The molecule has 0 aliphatic carbocycles. The molecule has 0 radical (unpaired) electrons. The fraction of sp³-hybridized carbons (Fsp3) is 0.250. The third kappa shape index (κ3) is 3.66. The van der Waals surface area contributed by atoms with Crippen LogP contribution in [0.25, 0.3) is 0 Å². The molecule has 1 N–H and O–H groups in total. The molecular formula is C16H16Br3N. The molecule has 0 aromatic heterocycles. The molecule has 2 rings (SSSR count). The number of aryl methyl sites for hydroxylation is 2. The molecule has 0 spiro atoms. The maximum atomic E-state index is 3.62. The number of anilines is 1. The van der Waals surface area contributed by atoms with Crippen LogP contribution in [-0.2, 0) is 0 Å². The molecule has 0 saturated carbocycles. The molecule has 1 nitrogen and oxygen atoms in total. The van der Waals surface area contributed by atoms with Crippen molar-refractivity contribution in [3.63, 3.8) is 0 Å². The summed E-state index contributed by atoms with van der Waals surface area (Å²) in [4.78, 5) is 0. The summed E-state index contributed by atoms with van der Waals surface area (Å²) in [5.74, 6) is 0. The standard InChI is InChI=1S/C16H16Br3N/c1-9-6-13(7-10(2)16(9)19)20-11(3)14-5-4-12(17)8-15(14)18/h4-8,11,20H,1-3H3. The van der Waals surface area contributed by atoms with E-state index in [1.165, 1.54) is 21.2 Å². The van der Waals surface area contributed by atoms with Crippen LogP contribution in [0.3, 0.4) is 0 Å². The highest BCUT2D eigenvalue weighted by Gasteiger charge is 2.11. The van der Waals surface area contributed by atoms with E-state index >= 15 is 0 Å². The van der Waals surface area contributed by atoms with Gasteiger partial charge in [0, 0.05) is 25.1 Å². The topological polar surface area (TPSA) is 12.0 Å². The summed E-state index contributed by atoms with van der Waals surface area (Å²) >= 11 is 10.7. The first-order valence-corrected chi connectivity index (χ1v) is 8.74. The van der Waals surface area contributed by atoms with E-state index in [4.69, 9.17) is 0 Å². The second-order valence-corrected chi connectivity index (χ2v) is 7.52. The van der Waals surface area contributed by atoms with E-state index < -0.39 is 0 Å². The molecule has 0 fully saturated rings. The van der Waals surface area contributed by atoms with Crippen molar-refractivity contribution in [1.82, 2.24) is 0 Å². The van der Waals surface area contributed by atoms with Crippen LogP contribution < -0.4 is 5.32 Å². The molecule has 1 atom stereocenters. The number of rotatable bonds is 3. The molecule has 0 heterocycles. The van der Waals surface area contributed by atoms with E-state index in [-0.39, 0.29) is 6.04 Å². The van der Waals surface area contributed by atoms with Crippen LogP contribution >= 0.6 is 47.8 Å². The molecule has 0 aliphatic rings. The van der Waals surface area contributed by atoms with Crippen molar-refractivity contribution in [2.24, 2.45) is 0 Å². The summed E-state index contributed by atoms with van der Waals surface area (Å²) in [6, 6.07) is 10.8. The Hall–Kier alpha value is -0.320. The van der Waals surface area contributed by atoms with E-state index in [1.54, 1.807) is 0 Å². The van der Waals surface area contributed by atoms with Crippen molar-refractivity contribution >= 4 is 53.5 Å². The Morgan fingerprint density at radius 1 is 0.950 bits per heavy atom. The summed E-state index contributed by atoms with van der Waals surface area (Å²) in [7, 11) is 0. The van der Waals surface area contributed by atoms with Gasteiger partial charge >= 0.3 is 0 Å². The van der Waals surface area contributed by atoms with Gasteiger partial charge in [-0.15, -0.1) is 0 Å². The third-order valence-corrected chi connectivity index (χ3v) is 5.68. The molecule has 0 saturated heterocycles. The highest BCUT2D eigenvalue weighted by atomic mass is 79.9. The predicted octanol–water partition coefficient (Wildman–Crippen LogP) is 6.76. The first kappa shape index (κ1) is 16.1. The minimum Gasteiger partial charge on any atom is -0.378 e. The average Bonchev–Trinajstić information content (AvgIpc) is 2.35. The number of halogens is 3. The van der Waals surface area contributed by atoms with Crippen LogP contribution in [0.1, 0.15) is 29.7 Å². The molecule has 0 bridgehead atoms. The Morgan fingerprint density at radius 3 is 2.10 bits per heavy atom. The lowest BCUT2D eigenvalue weighted by atomic mass is 10.1. The summed E-state index contributed by atoms with van der Waals surface area (Å²) in [6.07, 6.45) is 0. The van der Waals surface area contributed by atoms with Gasteiger partial charge in [0.05, 0.1) is 0 Å². The number of benzene rings is 2. The Labute approximate surface area is 145 Å². The molecule has 0 amide bonds. The SMILES string of the molecule is Cc1cc(NC(C)c2ccc(Br)cc2Br)cc(C)c1Br. The van der Waals surface area contributed by atoms with Crippen molar-refractivity contribution in [2.75, 3.05) is 5.32 Å². The van der Waals surface area contributed by atoms with Gasteiger partial charge in [-0.3, -0.25) is 0 Å². The van der Waals surface area contributed by atoms with E-state index in [0.29, 0.717) is 0 Å². The van der Waals surface area contributed by atoms with Crippen molar-refractivity contribution in [2.45, 2.75) is 26.8 Å². The normalized spacial score (nSPS) is 12.3. The van der Waals surface area contributed by atoms with Crippen LogP contribution in [0.2, 0.25) is 0 Å². The van der Waals surface area contributed by atoms with Gasteiger partial charge in [-0.2, -0.15) is 0 Å². The molecule has 4 heteroatoms. The average molecular weight is 462 g/mol. The van der Waals surface area contributed by atoms with Gasteiger partial charge in [-0.05, 0) is 61.7 Å². The van der Waals surface area contributed by atoms with Gasteiger partial charge in [0.1, 0.15) is 0 Å². The molecule has 20 heavy (non-hydrogen) atoms. The highest BCUT2D eigenvalue weighted by Crippen LogP contribution is 2.31. The van der Waals surface area contributed by atoms with Gasteiger partial charge in [0.15, 0.2) is 0 Å². The highest BCUT2D eigenvalue weighted by molar-refractivity contribution is 9.11. The Kier molecular flexibility index (Phi) is 5.32. The molecule has 2 aromatic carbocycles. The Bertz CT molecular complexity index is 615. The lowest BCUT2D eigenvalue weighted by Gasteiger charge is -2.19.